The molecule has 0 atom stereocenters. The minimum Gasteiger partial charge on any atom is -0.506 e. The van der Waals surface area contributed by atoms with Crippen LogP contribution in [-0.2, 0) is 11.8 Å². The topological polar surface area (TPSA) is 77.8 Å². The number of fused-ring (bicyclic) bond motifs is 1. The number of benzene rings is 2. The number of aromatic hydroxyl groups is 1. The van der Waals surface area contributed by atoms with Crippen molar-refractivity contribution in [3.8, 4) is 17.2 Å². The van der Waals surface area contributed by atoms with Gasteiger partial charge in [-0.25, -0.2) is 13.6 Å². The third kappa shape index (κ3) is 2.75. The molecule has 0 aliphatic carbocycles. The fourth-order valence-corrected chi connectivity index (χ4v) is 2.55. The van der Waals surface area contributed by atoms with Crippen molar-refractivity contribution >= 4 is 16.9 Å². The molecule has 1 aromatic heterocycles. The Kier molecular flexibility index (Phi) is 4.33. The van der Waals surface area contributed by atoms with Crippen LogP contribution in [0.5, 0.6) is 17.2 Å². The summed E-state index contributed by atoms with van der Waals surface area (Å²) in [5, 5.41) is 10.4. The summed E-state index contributed by atoms with van der Waals surface area (Å²) in [5.41, 5.74) is -1.08. The Morgan fingerprint density at radius 2 is 1.81 bits per heavy atom. The highest BCUT2D eigenvalue weighted by Crippen LogP contribution is 2.32. The molecule has 0 bridgehead atoms. The molecule has 0 spiro atoms. The highest BCUT2D eigenvalue weighted by atomic mass is 19.1. The number of hydrogen-bond donors (Lipinski definition) is 1. The number of rotatable bonds is 3. The first kappa shape index (κ1) is 17.4. The van der Waals surface area contributed by atoms with E-state index >= 15 is 0 Å². The van der Waals surface area contributed by atoms with Gasteiger partial charge in [0.15, 0.2) is 22.9 Å². The van der Waals surface area contributed by atoms with E-state index in [1.807, 2.05) is 0 Å². The minimum absolute atomic E-state index is 0.0433. The molecule has 6 nitrogen and oxygen atoms in total. The molecule has 1 N–H and O–H groups in total. The van der Waals surface area contributed by atoms with Gasteiger partial charge in [0.1, 0.15) is 11.5 Å². The first-order chi connectivity index (χ1) is 12.3. The zero-order chi connectivity index (χ0) is 19.0. The van der Waals surface area contributed by atoms with Crippen molar-refractivity contribution in [2.45, 2.75) is 0 Å². The maximum atomic E-state index is 13.7. The zero-order valence-electron chi connectivity index (χ0n) is 13.7. The van der Waals surface area contributed by atoms with Crippen LogP contribution < -0.4 is 10.3 Å². The van der Waals surface area contributed by atoms with Crippen LogP contribution in [0.2, 0.25) is 0 Å². The number of nitrogens with zero attached hydrogens (tertiary/aromatic N) is 1. The molecule has 0 unspecified atom stereocenters. The molecular weight excluding hydrogens is 348 g/mol. The van der Waals surface area contributed by atoms with Gasteiger partial charge in [-0.3, -0.25) is 4.79 Å². The van der Waals surface area contributed by atoms with Crippen LogP contribution in [0.4, 0.5) is 8.78 Å². The molecule has 8 heteroatoms. The van der Waals surface area contributed by atoms with Crippen LogP contribution in [-0.4, -0.2) is 22.8 Å². The largest absolute Gasteiger partial charge is 0.506 e. The van der Waals surface area contributed by atoms with Crippen molar-refractivity contribution in [1.29, 1.82) is 0 Å². The zero-order valence-corrected chi connectivity index (χ0v) is 13.7. The van der Waals surface area contributed by atoms with Crippen LogP contribution in [0.15, 0.2) is 41.2 Å². The number of halogens is 2. The molecule has 1 heterocycles. The molecule has 0 radical (unpaired) electrons. The lowest BCUT2D eigenvalue weighted by molar-refractivity contribution is 0.0595. The lowest BCUT2D eigenvalue weighted by Crippen LogP contribution is -2.25. The fraction of sp³-hybridized carbons (Fsp3) is 0.111. The molecule has 0 aliphatic heterocycles. The maximum absolute atomic E-state index is 13.7. The molecule has 0 saturated heterocycles. The van der Waals surface area contributed by atoms with Crippen molar-refractivity contribution in [3.05, 3.63) is 63.9 Å². The summed E-state index contributed by atoms with van der Waals surface area (Å²) in [4.78, 5) is 24.1. The minimum atomic E-state index is -0.973. The van der Waals surface area contributed by atoms with Gasteiger partial charge >= 0.3 is 5.97 Å². The summed E-state index contributed by atoms with van der Waals surface area (Å²) in [6, 6.07) is 7.33. The van der Waals surface area contributed by atoms with Gasteiger partial charge in [0.05, 0.1) is 12.6 Å². The molecular formula is C18H13F2NO5. The Hall–Kier alpha value is -3.42. The molecule has 3 rings (SSSR count). The first-order valence-electron chi connectivity index (χ1n) is 7.41. The van der Waals surface area contributed by atoms with E-state index in [1.165, 1.54) is 31.3 Å². The Morgan fingerprint density at radius 1 is 1.15 bits per heavy atom. The standard InChI is InChI=1S/C18H13F2NO5/c1-21-13-8-9(26-16-11(19)4-3-5-12(16)20)6-7-10(13)15(22)14(17(21)23)18(24)25-2/h3-8,22H,1-2H3. The summed E-state index contributed by atoms with van der Waals surface area (Å²) in [7, 11) is 2.47. The highest BCUT2D eigenvalue weighted by molar-refractivity contribution is 5.99. The fourth-order valence-electron chi connectivity index (χ4n) is 2.55. The normalized spacial score (nSPS) is 10.8. The van der Waals surface area contributed by atoms with E-state index in [1.54, 1.807) is 0 Å². The van der Waals surface area contributed by atoms with Crippen molar-refractivity contribution in [3.63, 3.8) is 0 Å². The number of ether oxygens (including phenoxy) is 2. The van der Waals surface area contributed by atoms with E-state index in [0.717, 1.165) is 23.8 Å². The van der Waals surface area contributed by atoms with Crippen LogP contribution in [0.3, 0.4) is 0 Å². The lowest BCUT2D eigenvalue weighted by Gasteiger charge is -2.13. The SMILES string of the molecule is COC(=O)c1c(O)c2ccc(Oc3c(F)cccc3F)cc2n(C)c1=O. The Balaban J connectivity index is 2.17. The smallest absolute Gasteiger partial charge is 0.347 e. The van der Waals surface area contributed by atoms with E-state index in [0.29, 0.717) is 0 Å². The third-order valence-electron chi connectivity index (χ3n) is 3.87. The van der Waals surface area contributed by atoms with Crippen LogP contribution >= 0.6 is 0 Å². The van der Waals surface area contributed by atoms with Crippen LogP contribution in [0, 0.1) is 11.6 Å². The van der Waals surface area contributed by atoms with Gasteiger partial charge in [0.2, 0.25) is 0 Å². The first-order valence-corrected chi connectivity index (χ1v) is 7.41. The molecule has 0 aliphatic rings. The summed E-state index contributed by atoms with van der Waals surface area (Å²) in [6.45, 7) is 0. The van der Waals surface area contributed by atoms with Crippen molar-refractivity contribution in [2.75, 3.05) is 7.11 Å². The predicted octanol–water partition coefficient (Wildman–Crippen LogP) is 3.10. The molecule has 2 aromatic carbocycles. The summed E-state index contributed by atoms with van der Waals surface area (Å²) in [6.07, 6.45) is 0. The summed E-state index contributed by atoms with van der Waals surface area (Å²) in [5.74, 6) is -3.84. The van der Waals surface area contributed by atoms with E-state index in [-0.39, 0.29) is 16.7 Å². The second-order valence-corrected chi connectivity index (χ2v) is 5.41. The molecule has 0 fully saturated rings. The monoisotopic (exact) mass is 361 g/mol. The number of methoxy groups -OCH3 is 1. The van der Waals surface area contributed by atoms with Gasteiger partial charge in [-0.05, 0) is 24.3 Å². The average molecular weight is 361 g/mol. The number of carbonyl (C=O) groups is 1. The maximum Gasteiger partial charge on any atom is 0.347 e. The van der Waals surface area contributed by atoms with Gasteiger partial charge in [-0.1, -0.05) is 6.07 Å². The number of aryl methyl sites for hydroxylation is 1. The number of esters is 1. The van der Waals surface area contributed by atoms with Gasteiger partial charge < -0.3 is 19.1 Å². The van der Waals surface area contributed by atoms with Crippen LogP contribution in [0.25, 0.3) is 10.9 Å². The Labute approximate surface area is 145 Å². The van der Waals surface area contributed by atoms with Crippen molar-refractivity contribution in [1.82, 2.24) is 4.57 Å². The molecule has 0 saturated carbocycles. The number of aromatic nitrogens is 1. The van der Waals surface area contributed by atoms with Crippen LogP contribution in [0.1, 0.15) is 10.4 Å². The van der Waals surface area contributed by atoms with Crippen molar-refractivity contribution in [2.24, 2.45) is 7.05 Å². The number of carbonyl (C=O) groups excluding carboxylic acids is 1. The number of pyridine rings is 1. The molecule has 134 valence electrons. The summed E-state index contributed by atoms with van der Waals surface area (Å²) >= 11 is 0. The Morgan fingerprint density at radius 3 is 2.42 bits per heavy atom. The van der Waals surface area contributed by atoms with E-state index in [9.17, 15) is 23.5 Å². The number of hydrogen-bond acceptors (Lipinski definition) is 5. The predicted molar refractivity (Wildman–Crippen MR) is 88.6 cm³/mol. The Bertz CT molecular complexity index is 1070. The van der Waals surface area contributed by atoms with E-state index in [2.05, 4.69) is 4.74 Å². The van der Waals surface area contributed by atoms with Gasteiger partial charge in [-0.15, -0.1) is 0 Å². The van der Waals surface area contributed by atoms with Crippen molar-refractivity contribution < 1.29 is 28.2 Å². The van der Waals surface area contributed by atoms with Gasteiger partial charge in [-0.2, -0.15) is 0 Å². The second kappa shape index (κ2) is 6.47. The summed E-state index contributed by atoms with van der Waals surface area (Å²) < 4.78 is 38.3. The van der Waals surface area contributed by atoms with E-state index < -0.39 is 40.2 Å². The molecule has 26 heavy (non-hydrogen) atoms. The average Bonchev–Trinajstić information content (AvgIpc) is 2.63. The highest BCUT2D eigenvalue weighted by Gasteiger charge is 2.22. The second-order valence-electron chi connectivity index (χ2n) is 5.41. The molecule has 3 aromatic rings. The molecule has 0 amide bonds. The number of para-hydroxylation sites is 1. The van der Waals surface area contributed by atoms with Gasteiger partial charge in [0.25, 0.3) is 5.56 Å². The van der Waals surface area contributed by atoms with E-state index in [4.69, 9.17) is 4.74 Å². The third-order valence-corrected chi connectivity index (χ3v) is 3.87. The van der Waals surface area contributed by atoms with Gasteiger partial charge in [0, 0.05) is 18.5 Å². The quantitative estimate of drug-likeness (QED) is 0.726. The lowest BCUT2D eigenvalue weighted by atomic mass is 10.1.